The highest BCUT2D eigenvalue weighted by Crippen LogP contribution is 2.27. The molecule has 0 saturated heterocycles. The van der Waals surface area contributed by atoms with Crippen LogP contribution in [0, 0.1) is 0 Å². The molecule has 0 atom stereocenters. The first kappa shape index (κ1) is 17.6. The van der Waals surface area contributed by atoms with Crippen molar-refractivity contribution in [3.63, 3.8) is 0 Å². The molecule has 2 aromatic carbocycles. The van der Waals surface area contributed by atoms with Gasteiger partial charge in [-0.2, -0.15) is 5.10 Å². The number of nitrogens with zero attached hydrogens (tertiary/aromatic N) is 3. The van der Waals surface area contributed by atoms with E-state index < -0.39 is 0 Å². The summed E-state index contributed by atoms with van der Waals surface area (Å²) < 4.78 is 2.84. The maximum Gasteiger partial charge on any atom is 0.257 e. The first-order valence-electron chi connectivity index (χ1n) is 8.26. The molecule has 0 aliphatic carbocycles. The summed E-state index contributed by atoms with van der Waals surface area (Å²) in [5.41, 5.74) is 3.52. The SMILES string of the molecule is O=C(Nc1nc(-c2cccc(Br)c2)cs1)c1ccc(Cn2cccn2)cc1. The fraction of sp³-hybridized carbons (Fsp3) is 0.0500. The molecule has 134 valence electrons. The lowest BCUT2D eigenvalue weighted by atomic mass is 10.1. The third kappa shape index (κ3) is 4.32. The highest BCUT2D eigenvalue weighted by atomic mass is 79.9. The van der Waals surface area contributed by atoms with Gasteiger partial charge in [-0.25, -0.2) is 4.98 Å². The Morgan fingerprint density at radius 3 is 2.74 bits per heavy atom. The predicted octanol–water partition coefficient (Wildman–Crippen LogP) is 5.07. The molecule has 0 radical (unpaired) electrons. The van der Waals surface area contributed by atoms with Crippen LogP contribution in [0.4, 0.5) is 5.13 Å². The van der Waals surface area contributed by atoms with E-state index in [2.05, 4.69) is 31.3 Å². The van der Waals surface area contributed by atoms with Crippen LogP contribution in [0.1, 0.15) is 15.9 Å². The summed E-state index contributed by atoms with van der Waals surface area (Å²) in [6, 6.07) is 17.3. The van der Waals surface area contributed by atoms with Crippen molar-refractivity contribution in [3.8, 4) is 11.3 Å². The second kappa shape index (κ2) is 7.85. The van der Waals surface area contributed by atoms with Crippen LogP contribution in [-0.4, -0.2) is 20.7 Å². The Hall–Kier alpha value is -2.77. The van der Waals surface area contributed by atoms with Crippen LogP contribution in [-0.2, 0) is 6.54 Å². The summed E-state index contributed by atoms with van der Waals surface area (Å²) in [7, 11) is 0. The summed E-state index contributed by atoms with van der Waals surface area (Å²) >= 11 is 4.87. The molecule has 0 aliphatic rings. The van der Waals surface area contributed by atoms with Crippen LogP contribution in [0.15, 0.2) is 76.8 Å². The third-order valence-corrected chi connectivity index (χ3v) is 5.22. The molecule has 0 aliphatic heterocycles. The molecular formula is C20H15BrN4OS. The number of rotatable bonds is 5. The first-order valence-corrected chi connectivity index (χ1v) is 9.94. The summed E-state index contributed by atoms with van der Waals surface area (Å²) in [6.07, 6.45) is 3.66. The van der Waals surface area contributed by atoms with Crippen LogP contribution in [0.2, 0.25) is 0 Å². The average Bonchev–Trinajstić information content (AvgIpc) is 3.34. The summed E-state index contributed by atoms with van der Waals surface area (Å²) in [5, 5.41) is 9.57. The highest BCUT2D eigenvalue weighted by molar-refractivity contribution is 9.10. The normalized spacial score (nSPS) is 10.7. The molecule has 1 N–H and O–H groups in total. The molecule has 0 saturated carbocycles. The van der Waals surface area contributed by atoms with E-state index in [0.29, 0.717) is 17.2 Å². The van der Waals surface area contributed by atoms with Crippen molar-refractivity contribution in [2.75, 3.05) is 5.32 Å². The van der Waals surface area contributed by atoms with Crippen LogP contribution < -0.4 is 5.32 Å². The lowest BCUT2D eigenvalue weighted by Crippen LogP contribution is -2.11. The van der Waals surface area contributed by atoms with Crippen molar-refractivity contribution in [2.24, 2.45) is 0 Å². The van der Waals surface area contributed by atoms with Crippen molar-refractivity contribution in [1.29, 1.82) is 0 Å². The third-order valence-electron chi connectivity index (χ3n) is 3.96. The van der Waals surface area contributed by atoms with Gasteiger partial charge in [0.1, 0.15) is 0 Å². The van der Waals surface area contributed by atoms with Gasteiger partial charge in [0.15, 0.2) is 5.13 Å². The summed E-state index contributed by atoms with van der Waals surface area (Å²) in [4.78, 5) is 17.0. The molecule has 1 amide bonds. The fourth-order valence-corrected chi connectivity index (χ4v) is 3.74. The van der Waals surface area contributed by atoms with E-state index >= 15 is 0 Å². The van der Waals surface area contributed by atoms with Gasteiger partial charge in [0, 0.05) is 33.4 Å². The Bertz CT molecular complexity index is 1060. The molecule has 0 bridgehead atoms. The Balaban J connectivity index is 1.43. The average molecular weight is 439 g/mol. The molecule has 0 fully saturated rings. The Morgan fingerprint density at radius 1 is 1.15 bits per heavy atom. The van der Waals surface area contributed by atoms with E-state index in [1.807, 2.05) is 70.9 Å². The van der Waals surface area contributed by atoms with Gasteiger partial charge in [0.05, 0.1) is 12.2 Å². The number of hydrogen-bond acceptors (Lipinski definition) is 4. The quantitative estimate of drug-likeness (QED) is 0.473. The van der Waals surface area contributed by atoms with E-state index in [4.69, 9.17) is 0 Å². The topological polar surface area (TPSA) is 59.8 Å². The number of carbonyl (C=O) groups is 1. The van der Waals surface area contributed by atoms with Gasteiger partial charge in [-0.1, -0.05) is 40.2 Å². The van der Waals surface area contributed by atoms with Crippen LogP contribution in [0.25, 0.3) is 11.3 Å². The zero-order valence-electron chi connectivity index (χ0n) is 14.2. The molecule has 4 rings (SSSR count). The van der Waals surface area contributed by atoms with Crippen molar-refractivity contribution in [1.82, 2.24) is 14.8 Å². The van der Waals surface area contributed by atoms with Crippen molar-refractivity contribution < 1.29 is 4.79 Å². The minimum atomic E-state index is -0.171. The second-order valence-corrected chi connectivity index (χ2v) is 7.68. The zero-order valence-corrected chi connectivity index (χ0v) is 16.6. The van der Waals surface area contributed by atoms with Gasteiger partial charge in [0.25, 0.3) is 5.91 Å². The summed E-state index contributed by atoms with van der Waals surface area (Å²) in [5.74, 6) is -0.171. The first-order chi connectivity index (χ1) is 13.2. The Labute approximate surface area is 168 Å². The Kier molecular flexibility index (Phi) is 5.13. The second-order valence-electron chi connectivity index (χ2n) is 5.90. The maximum atomic E-state index is 12.5. The predicted molar refractivity (Wildman–Crippen MR) is 111 cm³/mol. The van der Waals surface area contributed by atoms with Crippen LogP contribution in [0.5, 0.6) is 0 Å². The molecule has 0 unspecified atom stereocenters. The number of nitrogens with one attached hydrogen (secondary N) is 1. The molecule has 0 spiro atoms. The summed E-state index contributed by atoms with van der Waals surface area (Å²) in [6.45, 7) is 0.678. The minimum Gasteiger partial charge on any atom is -0.298 e. The van der Waals surface area contributed by atoms with E-state index in [0.717, 1.165) is 21.3 Å². The van der Waals surface area contributed by atoms with Crippen molar-refractivity contribution in [3.05, 3.63) is 88.0 Å². The van der Waals surface area contributed by atoms with Gasteiger partial charge in [0.2, 0.25) is 0 Å². The number of benzene rings is 2. The lowest BCUT2D eigenvalue weighted by molar-refractivity contribution is 0.102. The van der Waals surface area contributed by atoms with Crippen molar-refractivity contribution >= 4 is 38.3 Å². The van der Waals surface area contributed by atoms with Crippen LogP contribution >= 0.6 is 27.3 Å². The minimum absolute atomic E-state index is 0.171. The number of aromatic nitrogens is 3. The number of thiazole rings is 1. The molecule has 2 heterocycles. The number of carbonyl (C=O) groups excluding carboxylic acids is 1. The monoisotopic (exact) mass is 438 g/mol. The van der Waals surface area contributed by atoms with Gasteiger partial charge in [-0.15, -0.1) is 11.3 Å². The number of halogens is 1. The highest BCUT2D eigenvalue weighted by Gasteiger charge is 2.10. The lowest BCUT2D eigenvalue weighted by Gasteiger charge is -2.05. The largest absolute Gasteiger partial charge is 0.298 e. The molecule has 27 heavy (non-hydrogen) atoms. The molecule has 7 heteroatoms. The van der Waals surface area contributed by atoms with E-state index in [1.165, 1.54) is 11.3 Å². The van der Waals surface area contributed by atoms with Crippen molar-refractivity contribution in [2.45, 2.75) is 6.54 Å². The van der Waals surface area contributed by atoms with E-state index in [1.54, 1.807) is 6.20 Å². The number of anilines is 1. The Morgan fingerprint density at radius 2 is 2.00 bits per heavy atom. The molecule has 4 aromatic rings. The maximum absolute atomic E-state index is 12.5. The van der Waals surface area contributed by atoms with E-state index in [9.17, 15) is 4.79 Å². The number of hydrogen-bond donors (Lipinski definition) is 1. The van der Waals surface area contributed by atoms with Crippen LogP contribution in [0.3, 0.4) is 0 Å². The van der Waals surface area contributed by atoms with E-state index in [-0.39, 0.29) is 5.91 Å². The smallest absolute Gasteiger partial charge is 0.257 e. The molecule has 5 nitrogen and oxygen atoms in total. The van der Waals surface area contributed by atoms with Gasteiger partial charge in [-0.05, 0) is 35.9 Å². The van der Waals surface area contributed by atoms with Gasteiger partial charge < -0.3 is 0 Å². The van der Waals surface area contributed by atoms with Gasteiger partial charge >= 0.3 is 0 Å². The fourth-order valence-electron chi connectivity index (χ4n) is 2.62. The van der Waals surface area contributed by atoms with Gasteiger partial charge in [-0.3, -0.25) is 14.8 Å². The zero-order chi connectivity index (χ0) is 18.6. The molecular weight excluding hydrogens is 424 g/mol. The molecule has 2 aromatic heterocycles. The standard InChI is InChI=1S/C20H15BrN4OS/c21-17-4-1-3-16(11-17)18-13-27-20(23-18)24-19(26)15-7-5-14(6-8-15)12-25-10-2-9-22-25/h1-11,13H,12H2,(H,23,24,26). The number of amides is 1.